The van der Waals surface area contributed by atoms with Crippen molar-refractivity contribution in [2.24, 2.45) is 0 Å². The summed E-state index contributed by atoms with van der Waals surface area (Å²) in [5, 5.41) is 10.8. The van der Waals surface area contributed by atoms with Gasteiger partial charge >= 0.3 is 5.97 Å². The van der Waals surface area contributed by atoms with E-state index in [1.54, 1.807) is 25.9 Å². The second-order valence-corrected chi connectivity index (χ2v) is 4.40. The molecule has 1 unspecified atom stereocenters. The number of esters is 1. The van der Waals surface area contributed by atoms with Crippen molar-refractivity contribution in [2.45, 2.75) is 13.0 Å². The summed E-state index contributed by atoms with van der Waals surface area (Å²) >= 11 is 0. The van der Waals surface area contributed by atoms with Crippen molar-refractivity contribution in [3.05, 3.63) is 39.7 Å². The van der Waals surface area contributed by atoms with Crippen LogP contribution in [0.15, 0.2) is 18.2 Å². The minimum absolute atomic E-state index is 0.379. The SMILES string of the molecule is CC(CN(C)C)OC(=O)c1cc(F)ccc1[N+](=O)[O-]. The number of carbonyl (C=O) groups is 1. The fraction of sp³-hybridized carbons (Fsp3) is 0.417. The molecule has 1 aromatic rings. The lowest BCUT2D eigenvalue weighted by atomic mass is 10.2. The van der Waals surface area contributed by atoms with Gasteiger partial charge < -0.3 is 9.64 Å². The maximum atomic E-state index is 13.1. The van der Waals surface area contributed by atoms with Crippen molar-refractivity contribution in [1.29, 1.82) is 0 Å². The maximum Gasteiger partial charge on any atom is 0.345 e. The van der Waals surface area contributed by atoms with E-state index in [-0.39, 0.29) is 5.56 Å². The normalized spacial score (nSPS) is 12.3. The average Bonchev–Trinajstić information content (AvgIpc) is 2.26. The molecule has 6 nitrogen and oxygen atoms in total. The molecule has 0 aliphatic rings. The molecule has 0 aromatic heterocycles. The monoisotopic (exact) mass is 270 g/mol. The Balaban J connectivity index is 2.92. The first-order chi connectivity index (χ1) is 8.81. The zero-order chi connectivity index (χ0) is 14.6. The van der Waals surface area contributed by atoms with Crippen molar-refractivity contribution < 1.29 is 18.8 Å². The molecule has 0 spiro atoms. The number of carbonyl (C=O) groups excluding carboxylic acids is 1. The van der Waals surface area contributed by atoms with E-state index in [1.165, 1.54) is 0 Å². The fourth-order valence-electron chi connectivity index (χ4n) is 1.63. The van der Waals surface area contributed by atoms with Crippen LogP contribution < -0.4 is 0 Å². The van der Waals surface area contributed by atoms with Crippen molar-refractivity contribution in [3.8, 4) is 0 Å². The minimum atomic E-state index is -0.902. The molecule has 0 saturated carbocycles. The van der Waals surface area contributed by atoms with Gasteiger partial charge in [-0.15, -0.1) is 0 Å². The van der Waals surface area contributed by atoms with Crippen LogP contribution in [0.25, 0.3) is 0 Å². The number of likely N-dealkylation sites (N-methyl/N-ethyl adjacent to an activating group) is 1. The molecule has 0 N–H and O–H groups in total. The molecule has 0 saturated heterocycles. The van der Waals surface area contributed by atoms with Crippen molar-refractivity contribution in [1.82, 2.24) is 4.90 Å². The molecular weight excluding hydrogens is 255 g/mol. The zero-order valence-electron chi connectivity index (χ0n) is 10.9. The van der Waals surface area contributed by atoms with E-state index in [4.69, 9.17) is 4.74 Å². The molecule has 0 radical (unpaired) electrons. The maximum absolute atomic E-state index is 13.1. The predicted octanol–water partition coefficient (Wildman–Crippen LogP) is 1.84. The van der Waals surface area contributed by atoms with Crippen LogP contribution in [0.3, 0.4) is 0 Å². The Hall–Kier alpha value is -2.02. The fourth-order valence-corrected chi connectivity index (χ4v) is 1.63. The Labute approximate surface area is 109 Å². The van der Waals surface area contributed by atoms with E-state index < -0.39 is 28.5 Å². The van der Waals surface area contributed by atoms with Crippen molar-refractivity contribution >= 4 is 11.7 Å². The molecule has 0 amide bonds. The third-order valence-corrected chi connectivity index (χ3v) is 2.31. The van der Waals surface area contributed by atoms with Crippen LogP contribution in [0.4, 0.5) is 10.1 Å². The smallest absolute Gasteiger partial charge is 0.345 e. The van der Waals surface area contributed by atoms with Crippen LogP contribution in [0.5, 0.6) is 0 Å². The van der Waals surface area contributed by atoms with Gasteiger partial charge in [0.15, 0.2) is 0 Å². The first-order valence-corrected chi connectivity index (χ1v) is 5.61. The number of benzene rings is 1. The summed E-state index contributed by atoms with van der Waals surface area (Å²) in [5.74, 6) is -1.63. The van der Waals surface area contributed by atoms with Crippen LogP contribution in [-0.2, 0) is 4.74 Å². The van der Waals surface area contributed by atoms with E-state index in [0.717, 1.165) is 18.2 Å². The summed E-state index contributed by atoms with van der Waals surface area (Å²) in [7, 11) is 3.60. The summed E-state index contributed by atoms with van der Waals surface area (Å²) in [6.45, 7) is 2.12. The van der Waals surface area contributed by atoms with E-state index in [0.29, 0.717) is 6.54 Å². The first-order valence-electron chi connectivity index (χ1n) is 5.61. The molecule has 0 aliphatic heterocycles. The molecule has 0 fully saturated rings. The Kier molecular flexibility index (Phi) is 4.94. The van der Waals surface area contributed by atoms with Gasteiger partial charge in [0.05, 0.1) is 4.92 Å². The third kappa shape index (κ3) is 4.29. The standard InChI is InChI=1S/C12H15FN2O4/c1-8(7-14(2)3)19-12(16)10-6-9(13)4-5-11(10)15(17)18/h4-6,8H,7H2,1-3H3. The van der Waals surface area contributed by atoms with E-state index in [2.05, 4.69) is 0 Å². The molecule has 104 valence electrons. The van der Waals surface area contributed by atoms with Crippen LogP contribution in [-0.4, -0.2) is 42.5 Å². The second kappa shape index (κ2) is 6.24. The number of rotatable bonds is 5. The number of hydrogen-bond donors (Lipinski definition) is 0. The number of nitro groups is 1. The number of nitro benzene ring substituents is 1. The van der Waals surface area contributed by atoms with Crippen molar-refractivity contribution in [3.63, 3.8) is 0 Å². The first kappa shape index (κ1) is 15.0. The molecule has 1 aromatic carbocycles. The van der Waals surface area contributed by atoms with Gasteiger partial charge in [-0.3, -0.25) is 10.1 Å². The summed E-state index contributed by atoms with van der Waals surface area (Å²) in [6.07, 6.45) is -0.453. The van der Waals surface area contributed by atoms with Crippen LogP contribution in [0.2, 0.25) is 0 Å². The molecule has 1 atom stereocenters. The van der Waals surface area contributed by atoms with E-state index >= 15 is 0 Å². The van der Waals surface area contributed by atoms with E-state index in [1.807, 2.05) is 0 Å². The summed E-state index contributed by atoms with van der Waals surface area (Å²) < 4.78 is 18.1. The second-order valence-electron chi connectivity index (χ2n) is 4.40. The molecule has 0 aliphatic carbocycles. The van der Waals surface area contributed by atoms with Crippen LogP contribution >= 0.6 is 0 Å². The quantitative estimate of drug-likeness (QED) is 0.463. The van der Waals surface area contributed by atoms with Crippen LogP contribution in [0, 0.1) is 15.9 Å². The van der Waals surface area contributed by atoms with Gasteiger partial charge in [-0.05, 0) is 33.2 Å². The Morgan fingerprint density at radius 3 is 2.68 bits per heavy atom. The van der Waals surface area contributed by atoms with Gasteiger partial charge in [0.2, 0.25) is 0 Å². The van der Waals surface area contributed by atoms with Gasteiger partial charge in [-0.2, -0.15) is 0 Å². The Morgan fingerprint density at radius 2 is 2.16 bits per heavy atom. The average molecular weight is 270 g/mol. The summed E-state index contributed by atoms with van der Waals surface area (Å²) in [4.78, 5) is 23.6. The molecule has 7 heteroatoms. The molecule has 0 heterocycles. The Morgan fingerprint density at radius 1 is 1.53 bits per heavy atom. The van der Waals surface area contributed by atoms with Crippen LogP contribution in [0.1, 0.15) is 17.3 Å². The largest absolute Gasteiger partial charge is 0.458 e. The molecule has 19 heavy (non-hydrogen) atoms. The molecule has 1 rings (SSSR count). The van der Waals surface area contributed by atoms with E-state index in [9.17, 15) is 19.3 Å². The number of nitrogens with zero attached hydrogens (tertiary/aromatic N) is 2. The zero-order valence-corrected chi connectivity index (χ0v) is 10.9. The lowest BCUT2D eigenvalue weighted by Gasteiger charge is -2.17. The molecule has 0 bridgehead atoms. The topological polar surface area (TPSA) is 72.7 Å². The number of halogens is 1. The predicted molar refractivity (Wildman–Crippen MR) is 66.5 cm³/mol. The summed E-state index contributed by atoms with van der Waals surface area (Å²) in [6, 6.07) is 2.68. The highest BCUT2D eigenvalue weighted by atomic mass is 19.1. The highest BCUT2D eigenvalue weighted by Gasteiger charge is 2.23. The van der Waals surface area contributed by atoms with Gasteiger partial charge in [-0.25, -0.2) is 9.18 Å². The minimum Gasteiger partial charge on any atom is -0.458 e. The highest BCUT2D eigenvalue weighted by Crippen LogP contribution is 2.21. The third-order valence-electron chi connectivity index (χ3n) is 2.31. The number of ether oxygens (including phenoxy) is 1. The highest BCUT2D eigenvalue weighted by molar-refractivity contribution is 5.94. The number of hydrogen-bond acceptors (Lipinski definition) is 5. The van der Waals surface area contributed by atoms with Gasteiger partial charge in [-0.1, -0.05) is 0 Å². The summed E-state index contributed by atoms with van der Waals surface area (Å²) in [5.41, 5.74) is -0.848. The van der Waals surface area contributed by atoms with Gasteiger partial charge in [0, 0.05) is 12.6 Å². The van der Waals surface area contributed by atoms with Gasteiger partial charge in [0.25, 0.3) is 5.69 Å². The lowest BCUT2D eigenvalue weighted by molar-refractivity contribution is -0.385. The van der Waals surface area contributed by atoms with Crippen molar-refractivity contribution in [2.75, 3.05) is 20.6 Å². The van der Waals surface area contributed by atoms with Gasteiger partial charge in [0.1, 0.15) is 17.5 Å². The molecular formula is C12H15FN2O4. The lowest BCUT2D eigenvalue weighted by Crippen LogP contribution is -2.28. The Bertz CT molecular complexity index is 491.